The van der Waals surface area contributed by atoms with Gasteiger partial charge in [-0.25, -0.2) is 0 Å². The highest BCUT2D eigenvalue weighted by molar-refractivity contribution is 9.10. The minimum Gasteiger partial charge on any atom is -0.383 e. The summed E-state index contributed by atoms with van der Waals surface area (Å²) >= 11 is 5.29. The number of benzene rings is 2. The van der Waals surface area contributed by atoms with Crippen molar-refractivity contribution in [2.75, 3.05) is 17.6 Å². The Bertz CT molecular complexity index is 578. The fraction of sp³-hybridized carbons (Fsp3) is 0.133. The molecular weight excluding hydrogens is 320 g/mol. The molecule has 0 unspecified atom stereocenters. The molecule has 19 heavy (non-hydrogen) atoms. The highest BCUT2D eigenvalue weighted by atomic mass is 79.9. The van der Waals surface area contributed by atoms with Crippen LogP contribution >= 0.6 is 27.7 Å². The number of hydrogen-bond acceptors (Lipinski definition) is 3. The summed E-state index contributed by atoms with van der Waals surface area (Å²) in [5, 5.41) is 12.2. The van der Waals surface area contributed by atoms with Gasteiger partial charge in [0.15, 0.2) is 0 Å². The van der Waals surface area contributed by atoms with Gasteiger partial charge in [-0.2, -0.15) is 5.26 Å². The molecule has 2 aromatic rings. The van der Waals surface area contributed by atoms with Crippen molar-refractivity contribution in [3.8, 4) is 6.07 Å². The van der Waals surface area contributed by atoms with Crippen molar-refractivity contribution in [3.63, 3.8) is 0 Å². The van der Waals surface area contributed by atoms with Crippen LogP contribution in [0, 0.1) is 11.3 Å². The van der Waals surface area contributed by atoms with Crippen LogP contribution in [-0.4, -0.2) is 12.3 Å². The SMILES string of the molecule is N#Cc1ccc(NCCSc2ccccc2)c(Br)c1. The van der Waals surface area contributed by atoms with E-state index in [4.69, 9.17) is 5.26 Å². The average Bonchev–Trinajstić information content (AvgIpc) is 2.46. The van der Waals surface area contributed by atoms with Gasteiger partial charge < -0.3 is 5.32 Å². The predicted octanol–water partition coefficient (Wildman–Crippen LogP) is 4.52. The van der Waals surface area contributed by atoms with Crippen molar-refractivity contribution in [3.05, 3.63) is 58.6 Å². The molecule has 0 bridgehead atoms. The molecule has 0 heterocycles. The molecule has 4 heteroatoms. The first kappa shape index (κ1) is 14.0. The number of nitriles is 1. The van der Waals surface area contributed by atoms with E-state index in [9.17, 15) is 0 Å². The lowest BCUT2D eigenvalue weighted by atomic mass is 10.2. The van der Waals surface area contributed by atoms with Gasteiger partial charge >= 0.3 is 0 Å². The van der Waals surface area contributed by atoms with Crippen LogP contribution < -0.4 is 5.32 Å². The van der Waals surface area contributed by atoms with Crippen molar-refractivity contribution >= 4 is 33.4 Å². The first-order chi connectivity index (χ1) is 9.29. The normalized spacial score (nSPS) is 9.89. The number of nitrogens with zero attached hydrogens (tertiary/aromatic N) is 1. The van der Waals surface area contributed by atoms with Gasteiger partial charge in [0.25, 0.3) is 0 Å². The molecule has 0 aliphatic rings. The Kier molecular flexibility index (Phi) is 5.31. The van der Waals surface area contributed by atoms with E-state index in [2.05, 4.69) is 39.4 Å². The lowest BCUT2D eigenvalue weighted by molar-refractivity contribution is 1.22. The molecule has 2 aromatic carbocycles. The average molecular weight is 333 g/mol. The van der Waals surface area contributed by atoms with Crippen molar-refractivity contribution in [2.24, 2.45) is 0 Å². The van der Waals surface area contributed by atoms with Crippen LogP contribution in [0.25, 0.3) is 0 Å². The molecule has 0 fully saturated rings. The van der Waals surface area contributed by atoms with Gasteiger partial charge in [-0.1, -0.05) is 18.2 Å². The Hall–Kier alpha value is -1.44. The topological polar surface area (TPSA) is 35.8 Å². The minimum absolute atomic E-state index is 0.663. The van der Waals surface area contributed by atoms with Gasteiger partial charge in [0.1, 0.15) is 0 Å². The van der Waals surface area contributed by atoms with Crippen molar-refractivity contribution in [2.45, 2.75) is 4.90 Å². The molecule has 0 saturated heterocycles. The van der Waals surface area contributed by atoms with Crippen LogP contribution in [0.4, 0.5) is 5.69 Å². The minimum atomic E-state index is 0.663. The summed E-state index contributed by atoms with van der Waals surface area (Å²) in [5.41, 5.74) is 1.68. The summed E-state index contributed by atoms with van der Waals surface area (Å²) in [5.74, 6) is 0.996. The van der Waals surface area contributed by atoms with Gasteiger partial charge in [-0.05, 0) is 46.3 Å². The van der Waals surface area contributed by atoms with Crippen molar-refractivity contribution in [1.82, 2.24) is 0 Å². The lowest BCUT2D eigenvalue weighted by Crippen LogP contribution is -2.04. The molecule has 0 aliphatic heterocycles. The maximum Gasteiger partial charge on any atom is 0.0992 e. The molecular formula is C15H13BrN2S. The largest absolute Gasteiger partial charge is 0.383 e. The second-order valence-corrected chi connectivity index (χ2v) is 5.92. The maximum atomic E-state index is 8.80. The van der Waals surface area contributed by atoms with E-state index in [1.165, 1.54) is 4.90 Å². The monoisotopic (exact) mass is 332 g/mol. The summed E-state index contributed by atoms with van der Waals surface area (Å²) in [7, 11) is 0. The summed E-state index contributed by atoms with van der Waals surface area (Å²) < 4.78 is 0.927. The molecule has 0 saturated carbocycles. The second-order valence-electron chi connectivity index (χ2n) is 3.89. The van der Waals surface area contributed by atoms with Crippen LogP contribution in [0.15, 0.2) is 57.9 Å². The van der Waals surface area contributed by atoms with E-state index in [0.717, 1.165) is 22.5 Å². The van der Waals surface area contributed by atoms with E-state index in [1.54, 1.807) is 0 Å². The van der Waals surface area contributed by atoms with E-state index >= 15 is 0 Å². The van der Waals surface area contributed by atoms with E-state index in [-0.39, 0.29) is 0 Å². The zero-order chi connectivity index (χ0) is 13.5. The molecule has 0 atom stereocenters. The first-order valence-corrected chi connectivity index (χ1v) is 7.69. The molecule has 0 aromatic heterocycles. The Balaban J connectivity index is 1.82. The number of hydrogen-bond donors (Lipinski definition) is 1. The molecule has 96 valence electrons. The van der Waals surface area contributed by atoms with E-state index in [1.807, 2.05) is 48.2 Å². The van der Waals surface area contributed by atoms with Crippen LogP contribution in [0.1, 0.15) is 5.56 Å². The number of anilines is 1. The van der Waals surface area contributed by atoms with Crippen LogP contribution in [0.3, 0.4) is 0 Å². The Morgan fingerprint density at radius 1 is 1.16 bits per heavy atom. The molecule has 0 spiro atoms. The van der Waals surface area contributed by atoms with Gasteiger partial charge in [-0.3, -0.25) is 0 Å². The lowest BCUT2D eigenvalue weighted by Gasteiger charge is -2.08. The molecule has 0 amide bonds. The quantitative estimate of drug-likeness (QED) is 0.645. The number of thioether (sulfide) groups is 1. The fourth-order valence-electron chi connectivity index (χ4n) is 1.60. The van der Waals surface area contributed by atoms with E-state index < -0.39 is 0 Å². The molecule has 2 rings (SSSR count). The summed E-state index contributed by atoms with van der Waals surface area (Å²) in [6, 6.07) is 18.0. The molecule has 1 N–H and O–H groups in total. The van der Waals surface area contributed by atoms with E-state index in [0.29, 0.717) is 5.56 Å². The smallest absolute Gasteiger partial charge is 0.0992 e. The zero-order valence-electron chi connectivity index (χ0n) is 10.3. The number of rotatable bonds is 5. The predicted molar refractivity (Wildman–Crippen MR) is 84.5 cm³/mol. The Morgan fingerprint density at radius 3 is 2.63 bits per heavy atom. The van der Waals surface area contributed by atoms with Gasteiger partial charge in [0, 0.05) is 27.4 Å². The van der Waals surface area contributed by atoms with Gasteiger partial charge in [-0.15, -0.1) is 11.8 Å². The standard InChI is InChI=1S/C15H13BrN2S/c16-14-10-12(11-17)6-7-15(14)18-8-9-19-13-4-2-1-3-5-13/h1-7,10,18H,8-9H2. The zero-order valence-corrected chi connectivity index (χ0v) is 12.7. The maximum absolute atomic E-state index is 8.80. The van der Waals surface area contributed by atoms with Crippen molar-refractivity contribution < 1.29 is 0 Å². The first-order valence-electron chi connectivity index (χ1n) is 5.91. The fourth-order valence-corrected chi connectivity index (χ4v) is 2.91. The van der Waals surface area contributed by atoms with Crippen molar-refractivity contribution in [1.29, 1.82) is 5.26 Å². The second kappa shape index (κ2) is 7.22. The van der Waals surface area contributed by atoms with Crippen LogP contribution in [0.2, 0.25) is 0 Å². The molecule has 2 nitrogen and oxygen atoms in total. The molecule has 0 radical (unpaired) electrons. The summed E-state index contributed by atoms with van der Waals surface area (Å²) in [4.78, 5) is 1.28. The van der Waals surface area contributed by atoms with Crippen LogP contribution in [0.5, 0.6) is 0 Å². The third kappa shape index (κ3) is 4.30. The highest BCUT2D eigenvalue weighted by Gasteiger charge is 2.00. The third-order valence-electron chi connectivity index (χ3n) is 2.53. The number of nitrogens with one attached hydrogen (secondary N) is 1. The van der Waals surface area contributed by atoms with Gasteiger partial charge in [0.05, 0.1) is 11.6 Å². The van der Waals surface area contributed by atoms with Gasteiger partial charge in [0.2, 0.25) is 0 Å². The molecule has 0 aliphatic carbocycles. The summed E-state index contributed by atoms with van der Waals surface area (Å²) in [6.45, 7) is 0.879. The Morgan fingerprint density at radius 2 is 1.95 bits per heavy atom. The van der Waals surface area contributed by atoms with Crippen LogP contribution in [-0.2, 0) is 0 Å². The highest BCUT2D eigenvalue weighted by Crippen LogP contribution is 2.24. The third-order valence-corrected chi connectivity index (χ3v) is 4.20. The Labute approximate surface area is 126 Å². The summed E-state index contributed by atoms with van der Waals surface area (Å²) in [6.07, 6.45) is 0. The number of halogens is 1.